The average Bonchev–Trinajstić information content (AvgIpc) is 2.04. The van der Waals surface area contributed by atoms with Crippen molar-refractivity contribution >= 4 is 22.1 Å². The van der Waals surface area contributed by atoms with Crippen LogP contribution >= 0.6 is 15.9 Å². The van der Waals surface area contributed by atoms with Crippen molar-refractivity contribution in [3.8, 4) is 0 Å². The summed E-state index contributed by atoms with van der Waals surface area (Å²) in [6, 6.07) is 7.81. The van der Waals surface area contributed by atoms with Gasteiger partial charge in [-0.2, -0.15) is 0 Å². The van der Waals surface area contributed by atoms with Crippen LogP contribution in [0.25, 0.3) is 0 Å². The van der Waals surface area contributed by atoms with Gasteiger partial charge in [-0.15, -0.1) is 0 Å². The van der Waals surface area contributed by atoms with E-state index in [9.17, 15) is 0 Å². The van der Waals surface area contributed by atoms with Gasteiger partial charge in [-0.25, -0.2) is 0 Å². The third-order valence-corrected chi connectivity index (χ3v) is 1.71. The summed E-state index contributed by atoms with van der Waals surface area (Å²) in [5.41, 5.74) is 1.02. The van der Waals surface area contributed by atoms with Gasteiger partial charge in [0.05, 0.1) is 6.21 Å². The van der Waals surface area contributed by atoms with E-state index in [0.29, 0.717) is 0 Å². The van der Waals surface area contributed by atoms with E-state index in [4.69, 9.17) is 0 Å². The van der Waals surface area contributed by atoms with Crippen molar-refractivity contribution in [1.29, 1.82) is 0 Å². The lowest BCUT2D eigenvalue weighted by molar-refractivity contribution is 0.215. The standard InChI is InChI=1S/C8H8BrNO/c1-11-10-6-7-2-4-8(9)5-3-7/h2-6H,1H3/b10-6+. The van der Waals surface area contributed by atoms with Crippen LogP contribution in [-0.2, 0) is 4.84 Å². The first-order valence-corrected chi connectivity index (χ1v) is 3.94. The monoisotopic (exact) mass is 213 g/mol. The van der Waals surface area contributed by atoms with Crippen LogP contribution in [0.15, 0.2) is 33.9 Å². The Bertz CT molecular complexity index is 243. The smallest absolute Gasteiger partial charge is 0.106 e. The highest BCUT2D eigenvalue weighted by molar-refractivity contribution is 9.10. The molecule has 0 spiro atoms. The van der Waals surface area contributed by atoms with Gasteiger partial charge in [-0.05, 0) is 17.7 Å². The van der Waals surface area contributed by atoms with E-state index >= 15 is 0 Å². The zero-order valence-electron chi connectivity index (χ0n) is 6.12. The molecule has 0 N–H and O–H groups in total. The maximum absolute atomic E-state index is 4.53. The van der Waals surface area contributed by atoms with Crippen molar-refractivity contribution in [3.05, 3.63) is 34.3 Å². The highest BCUT2D eigenvalue weighted by atomic mass is 79.9. The van der Waals surface area contributed by atoms with Crippen molar-refractivity contribution < 1.29 is 4.84 Å². The molecule has 1 aromatic carbocycles. The first kappa shape index (κ1) is 8.27. The highest BCUT2D eigenvalue weighted by Crippen LogP contribution is 2.08. The number of hydrogen-bond donors (Lipinski definition) is 0. The van der Waals surface area contributed by atoms with Gasteiger partial charge in [0.25, 0.3) is 0 Å². The van der Waals surface area contributed by atoms with Crippen molar-refractivity contribution in [2.75, 3.05) is 7.11 Å². The van der Waals surface area contributed by atoms with E-state index in [1.807, 2.05) is 24.3 Å². The van der Waals surface area contributed by atoms with Gasteiger partial charge in [0.15, 0.2) is 0 Å². The fraction of sp³-hybridized carbons (Fsp3) is 0.125. The second-order valence-corrected chi connectivity index (χ2v) is 2.88. The Balaban J connectivity index is 2.73. The van der Waals surface area contributed by atoms with E-state index in [2.05, 4.69) is 25.9 Å². The molecule has 3 heteroatoms. The van der Waals surface area contributed by atoms with Crippen LogP contribution in [0.3, 0.4) is 0 Å². The Labute approximate surface area is 74.0 Å². The van der Waals surface area contributed by atoms with Crippen LogP contribution in [0.4, 0.5) is 0 Å². The molecule has 1 rings (SSSR count). The van der Waals surface area contributed by atoms with Gasteiger partial charge in [-0.3, -0.25) is 0 Å². The van der Waals surface area contributed by atoms with E-state index in [0.717, 1.165) is 10.0 Å². The summed E-state index contributed by atoms with van der Waals surface area (Å²) >= 11 is 3.34. The molecule has 0 aromatic heterocycles. The molecule has 0 saturated carbocycles. The van der Waals surface area contributed by atoms with Gasteiger partial charge >= 0.3 is 0 Å². The molecule has 0 saturated heterocycles. The Morgan fingerprint density at radius 3 is 2.55 bits per heavy atom. The molecule has 0 bridgehead atoms. The second kappa shape index (κ2) is 4.13. The van der Waals surface area contributed by atoms with Gasteiger partial charge in [0.1, 0.15) is 7.11 Å². The summed E-state index contributed by atoms with van der Waals surface area (Å²) in [6.07, 6.45) is 1.66. The van der Waals surface area contributed by atoms with E-state index in [1.165, 1.54) is 7.11 Å². The number of benzene rings is 1. The summed E-state index contributed by atoms with van der Waals surface area (Å²) in [4.78, 5) is 4.53. The molecular weight excluding hydrogens is 206 g/mol. The van der Waals surface area contributed by atoms with Crippen molar-refractivity contribution in [2.24, 2.45) is 5.16 Å². The summed E-state index contributed by atoms with van der Waals surface area (Å²) in [6.45, 7) is 0. The summed E-state index contributed by atoms with van der Waals surface area (Å²) in [5, 5.41) is 3.63. The SMILES string of the molecule is CO/N=C/c1ccc(Br)cc1. The van der Waals surface area contributed by atoms with E-state index < -0.39 is 0 Å². The third kappa shape index (κ3) is 2.72. The largest absolute Gasteiger partial charge is 0.399 e. The number of hydrogen-bond acceptors (Lipinski definition) is 2. The molecule has 0 aliphatic rings. The van der Waals surface area contributed by atoms with Crippen LogP contribution < -0.4 is 0 Å². The van der Waals surface area contributed by atoms with Crippen LogP contribution in [0.2, 0.25) is 0 Å². The van der Waals surface area contributed by atoms with E-state index in [1.54, 1.807) is 6.21 Å². The molecule has 0 aliphatic heterocycles. The molecule has 2 nitrogen and oxygen atoms in total. The Morgan fingerprint density at radius 1 is 1.36 bits per heavy atom. The molecule has 0 amide bonds. The van der Waals surface area contributed by atoms with Crippen LogP contribution in [0, 0.1) is 0 Å². The predicted octanol–water partition coefficient (Wildman–Crippen LogP) is 2.43. The first-order valence-electron chi connectivity index (χ1n) is 3.15. The first-order chi connectivity index (χ1) is 5.33. The van der Waals surface area contributed by atoms with Crippen molar-refractivity contribution in [3.63, 3.8) is 0 Å². The lowest BCUT2D eigenvalue weighted by Crippen LogP contribution is -1.79. The maximum Gasteiger partial charge on any atom is 0.106 e. The Morgan fingerprint density at radius 2 is 2.00 bits per heavy atom. The topological polar surface area (TPSA) is 21.6 Å². The van der Waals surface area contributed by atoms with Gasteiger partial charge < -0.3 is 4.84 Å². The number of nitrogens with zero attached hydrogens (tertiary/aromatic N) is 1. The molecule has 0 radical (unpaired) electrons. The second-order valence-electron chi connectivity index (χ2n) is 1.97. The number of oxime groups is 1. The number of halogens is 1. The van der Waals surface area contributed by atoms with Crippen LogP contribution in [-0.4, -0.2) is 13.3 Å². The average molecular weight is 214 g/mol. The minimum absolute atomic E-state index is 1.02. The fourth-order valence-electron chi connectivity index (χ4n) is 0.662. The summed E-state index contributed by atoms with van der Waals surface area (Å²) in [7, 11) is 1.52. The van der Waals surface area contributed by atoms with Crippen LogP contribution in [0.1, 0.15) is 5.56 Å². The summed E-state index contributed by atoms with van der Waals surface area (Å²) < 4.78 is 1.06. The highest BCUT2D eigenvalue weighted by Gasteiger charge is 1.86. The van der Waals surface area contributed by atoms with E-state index in [-0.39, 0.29) is 0 Å². The summed E-state index contributed by atoms with van der Waals surface area (Å²) in [5.74, 6) is 0. The van der Waals surface area contributed by atoms with Crippen molar-refractivity contribution in [1.82, 2.24) is 0 Å². The lowest BCUT2D eigenvalue weighted by atomic mass is 10.2. The molecular formula is C8H8BrNO. The zero-order valence-corrected chi connectivity index (χ0v) is 7.71. The molecule has 0 fully saturated rings. The zero-order chi connectivity index (χ0) is 8.10. The fourth-order valence-corrected chi connectivity index (χ4v) is 0.927. The molecule has 0 unspecified atom stereocenters. The predicted molar refractivity (Wildman–Crippen MR) is 48.7 cm³/mol. The molecule has 0 heterocycles. The van der Waals surface area contributed by atoms with Gasteiger partial charge in [0.2, 0.25) is 0 Å². The maximum atomic E-state index is 4.53. The lowest BCUT2D eigenvalue weighted by Gasteiger charge is -1.91. The third-order valence-electron chi connectivity index (χ3n) is 1.18. The molecule has 0 atom stereocenters. The molecule has 58 valence electrons. The molecule has 11 heavy (non-hydrogen) atoms. The molecule has 0 aliphatic carbocycles. The number of rotatable bonds is 2. The minimum atomic E-state index is 1.02. The Kier molecular flexibility index (Phi) is 3.11. The molecule has 1 aromatic rings. The van der Waals surface area contributed by atoms with Crippen LogP contribution in [0.5, 0.6) is 0 Å². The van der Waals surface area contributed by atoms with Gasteiger partial charge in [-0.1, -0.05) is 33.2 Å². The normalized spacial score (nSPS) is 10.4. The minimum Gasteiger partial charge on any atom is -0.399 e. The van der Waals surface area contributed by atoms with Crippen molar-refractivity contribution in [2.45, 2.75) is 0 Å². The van der Waals surface area contributed by atoms with Gasteiger partial charge in [0, 0.05) is 4.47 Å². The quantitative estimate of drug-likeness (QED) is 0.547. The Hall–Kier alpha value is -0.830.